The van der Waals surface area contributed by atoms with Crippen molar-refractivity contribution in [2.24, 2.45) is 5.92 Å². The van der Waals surface area contributed by atoms with Gasteiger partial charge in [0.2, 0.25) is 5.89 Å². The third kappa shape index (κ3) is 2.61. The van der Waals surface area contributed by atoms with Crippen LogP contribution < -0.4 is 0 Å². The minimum Gasteiger partial charge on any atom is -0.393 e. The number of nitrogens with zero attached hydrogens (tertiary/aromatic N) is 2. The summed E-state index contributed by atoms with van der Waals surface area (Å²) in [7, 11) is 0. The van der Waals surface area contributed by atoms with E-state index < -0.39 is 0 Å². The van der Waals surface area contributed by atoms with Crippen LogP contribution in [0.4, 0.5) is 0 Å². The lowest BCUT2D eigenvalue weighted by atomic mass is 10.1. The summed E-state index contributed by atoms with van der Waals surface area (Å²) in [6, 6.07) is 0. The van der Waals surface area contributed by atoms with Crippen molar-refractivity contribution in [3.05, 3.63) is 11.7 Å². The highest BCUT2D eigenvalue weighted by Crippen LogP contribution is 2.36. The Balaban J connectivity index is 1.97. The molecule has 3 unspecified atom stereocenters. The van der Waals surface area contributed by atoms with Crippen LogP contribution in [0.1, 0.15) is 57.2 Å². The van der Waals surface area contributed by atoms with E-state index in [1.165, 1.54) is 6.42 Å². The lowest BCUT2D eigenvalue weighted by Gasteiger charge is -2.02. The van der Waals surface area contributed by atoms with E-state index in [2.05, 4.69) is 17.1 Å². The second-order valence-corrected chi connectivity index (χ2v) is 4.93. The highest BCUT2D eigenvalue weighted by Gasteiger charge is 2.26. The molecule has 16 heavy (non-hydrogen) atoms. The average molecular weight is 224 g/mol. The normalized spacial score (nSPS) is 27.2. The molecule has 1 aliphatic rings. The van der Waals surface area contributed by atoms with Crippen molar-refractivity contribution in [2.45, 2.75) is 58.0 Å². The predicted molar refractivity (Wildman–Crippen MR) is 60.1 cm³/mol. The quantitative estimate of drug-likeness (QED) is 0.852. The molecule has 1 aliphatic carbocycles. The van der Waals surface area contributed by atoms with Crippen molar-refractivity contribution in [3.8, 4) is 0 Å². The molecule has 4 heteroatoms. The summed E-state index contributed by atoms with van der Waals surface area (Å²) in [5.74, 6) is 2.64. The molecule has 1 saturated carbocycles. The maximum atomic E-state index is 9.50. The van der Waals surface area contributed by atoms with E-state index in [0.717, 1.165) is 31.0 Å². The van der Waals surface area contributed by atoms with Crippen molar-refractivity contribution in [1.29, 1.82) is 0 Å². The third-order valence-corrected chi connectivity index (χ3v) is 3.43. The van der Waals surface area contributed by atoms with Crippen LogP contribution in [-0.2, 0) is 6.42 Å². The molecule has 0 spiro atoms. The zero-order valence-corrected chi connectivity index (χ0v) is 10.0. The van der Waals surface area contributed by atoms with E-state index in [1.807, 2.05) is 6.92 Å². The Bertz CT molecular complexity index is 338. The molecule has 1 N–H and O–H groups in total. The summed E-state index contributed by atoms with van der Waals surface area (Å²) in [4.78, 5) is 4.38. The first kappa shape index (κ1) is 11.6. The summed E-state index contributed by atoms with van der Waals surface area (Å²) in [6.45, 7) is 4.21. The second kappa shape index (κ2) is 4.95. The van der Waals surface area contributed by atoms with Crippen molar-refractivity contribution >= 4 is 0 Å². The number of rotatable bonds is 4. The molecule has 0 aromatic carbocycles. The number of hydrogen-bond acceptors (Lipinski definition) is 4. The van der Waals surface area contributed by atoms with Gasteiger partial charge < -0.3 is 9.63 Å². The molecule has 1 fully saturated rings. The smallest absolute Gasteiger partial charge is 0.229 e. The fourth-order valence-electron chi connectivity index (χ4n) is 2.30. The minimum atomic E-state index is -0.365. The zero-order chi connectivity index (χ0) is 11.5. The molecule has 0 radical (unpaired) electrons. The molecular weight excluding hydrogens is 204 g/mol. The second-order valence-electron chi connectivity index (χ2n) is 4.93. The van der Waals surface area contributed by atoms with Gasteiger partial charge in [0.25, 0.3) is 0 Å². The Kier molecular flexibility index (Phi) is 3.59. The van der Waals surface area contributed by atoms with Crippen molar-refractivity contribution in [2.75, 3.05) is 0 Å². The highest BCUT2D eigenvalue weighted by atomic mass is 16.5. The number of aromatic nitrogens is 2. The first-order chi connectivity index (χ1) is 7.69. The molecule has 4 nitrogen and oxygen atoms in total. The fraction of sp³-hybridized carbons (Fsp3) is 0.833. The van der Waals surface area contributed by atoms with Crippen LogP contribution in [0.3, 0.4) is 0 Å². The molecule has 3 atom stereocenters. The molecule has 1 aromatic rings. The van der Waals surface area contributed by atoms with E-state index in [4.69, 9.17) is 4.52 Å². The first-order valence-electron chi connectivity index (χ1n) is 6.19. The maximum Gasteiger partial charge on any atom is 0.229 e. The van der Waals surface area contributed by atoms with Gasteiger partial charge >= 0.3 is 0 Å². The van der Waals surface area contributed by atoms with Gasteiger partial charge in [0, 0.05) is 5.92 Å². The fourth-order valence-corrected chi connectivity index (χ4v) is 2.30. The largest absolute Gasteiger partial charge is 0.393 e. The minimum absolute atomic E-state index is 0.365. The van der Waals surface area contributed by atoms with Crippen LogP contribution in [0.25, 0.3) is 0 Å². The van der Waals surface area contributed by atoms with Crippen LogP contribution in [0.15, 0.2) is 4.52 Å². The van der Waals surface area contributed by atoms with Crippen LogP contribution in [0, 0.1) is 5.92 Å². The molecule has 0 bridgehead atoms. The van der Waals surface area contributed by atoms with E-state index in [0.29, 0.717) is 18.2 Å². The Morgan fingerprint density at radius 2 is 2.31 bits per heavy atom. The van der Waals surface area contributed by atoms with Crippen LogP contribution in [-0.4, -0.2) is 21.4 Å². The van der Waals surface area contributed by atoms with Gasteiger partial charge in [-0.05, 0) is 31.6 Å². The highest BCUT2D eigenvalue weighted by molar-refractivity contribution is 4.99. The maximum absolute atomic E-state index is 9.50. The number of aliphatic hydroxyl groups is 1. The summed E-state index contributed by atoms with van der Waals surface area (Å²) >= 11 is 0. The Labute approximate surface area is 96.1 Å². The van der Waals surface area contributed by atoms with E-state index >= 15 is 0 Å². The topological polar surface area (TPSA) is 59.2 Å². The lowest BCUT2D eigenvalue weighted by Crippen LogP contribution is -2.08. The van der Waals surface area contributed by atoms with Gasteiger partial charge in [-0.15, -0.1) is 0 Å². The standard InChI is InChI=1S/C12H20N2O2/c1-3-10(15)7-11-13-12(14-16-11)9-5-4-8(2)6-9/h8-10,15H,3-7H2,1-2H3. The van der Waals surface area contributed by atoms with Crippen molar-refractivity contribution in [3.63, 3.8) is 0 Å². The molecule has 0 aliphatic heterocycles. The predicted octanol–water partition coefficient (Wildman–Crippen LogP) is 2.29. The molecule has 2 rings (SSSR count). The molecule has 0 amide bonds. The van der Waals surface area contributed by atoms with Gasteiger partial charge in [-0.3, -0.25) is 0 Å². The Morgan fingerprint density at radius 1 is 1.50 bits per heavy atom. The average Bonchev–Trinajstić information content (AvgIpc) is 2.87. The number of hydrogen-bond donors (Lipinski definition) is 1. The van der Waals surface area contributed by atoms with Gasteiger partial charge in [0.05, 0.1) is 12.5 Å². The van der Waals surface area contributed by atoms with Gasteiger partial charge in [-0.2, -0.15) is 4.98 Å². The van der Waals surface area contributed by atoms with E-state index in [1.54, 1.807) is 0 Å². The lowest BCUT2D eigenvalue weighted by molar-refractivity contribution is 0.158. The molecule has 1 aromatic heterocycles. The van der Waals surface area contributed by atoms with Gasteiger partial charge in [0.15, 0.2) is 5.82 Å². The molecule has 90 valence electrons. The summed E-state index contributed by atoms with van der Waals surface area (Å²) in [5.41, 5.74) is 0. The SMILES string of the molecule is CCC(O)Cc1nc(C2CCC(C)C2)no1. The first-order valence-corrected chi connectivity index (χ1v) is 6.19. The van der Waals surface area contributed by atoms with E-state index in [-0.39, 0.29) is 6.10 Å². The third-order valence-electron chi connectivity index (χ3n) is 3.43. The number of aliphatic hydroxyl groups excluding tert-OH is 1. The van der Waals surface area contributed by atoms with E-state index in [9.17, 15) is 5.11 Å². The van der Waals surface area contributed by atoms with Gasteiger partial charge in [0.1, 0.15) is 0 Å². The summed E-state index contributed by atoms with van der Waals surface area (Å²) < 4.78 is 5.16. The zero-order valence-electron chi connectivity index (χ0n) is 10.0. The van der Waals surface area contributed by atoms with Crippen molar-refractivity contribution in [1.82, 2.24) is 10.1 Å². The molecule has 0 saturated heterocycles. The molecular formula is C12H20N2O2. The summed E-state index contributed by atoms with van der Waals surface area (Å²) in [6.07, 6.45) is 4.41. The summed E-state index contributed by atoms with van der Waals surface area (Å²) in [5, 5.41) is 13.5. The monoisotopic (exact) mass is 224 g/mol. The van der Waals surface area contributed by atoms with Crippen LogP contribution in [0.5, 0.6) is 0 Å². The van der Waals surface area contributed by atoms with Gasteiger partial charge in [-0.25, -0.2) is 0 Å². The molecule has 1 heterocycles. The van der Waals surface area contributed by atoms with Gasteiger partial charge in [-0.1, -0.05) is 19.0 Å². The Morgan fingerprint density at radius 3 is 2.94 bits per heavy atom. The Hall–Kier alpha value is -0.900. The van der Waals surface area contributed by atoms with Crippen LogP contribution >= 0.6 is 0 Å². The van der Waals surface area contributed by atoms with Crippen molar-refractivity contribution < 1.29 is 9.63 Å². The van der Waals surface area contributed by atoms with Crippen LogP contribution in [0.2, 0.25) is 0 Å².